The van der Waals surface area contributed by atoms with E-state index in [1.165, 1.54) is 35.7 Å². The second kappa shape index (κ2) is 15.7. The number of phenols is 2. The van der Waals surface area contributed by atoms with Gasteiger partial charge in [-0.1, -0.05) is 47.0 Å². The Balaban J connectivity index is 0.000000231. The van der Waals surface area contributed by atoms with E-state index in [0.717, 1.165) is 21.9 Å². The predicted octanol–water partition coefficient (Wildman–Crippen LogP) is 6.50. The molecule has 0 aliphatic carbocycles. The minimum Gasteiger partial charge on any atom is -0.507 e. The molecule has 4 aromatic rings. The molecule has 0 radical (unpaired) electrons. The average molecular weight is 647 g/mol. The molecule has 0 heterocycles. The molecule has 0 spiro atoms. The van der Waals surface area contributed by atoms with Crippen LogP contribution in [-0.4, -0.2) is 31.5 Å². The molecule has 0 saturated heterocycles. The second-order valence-corrected chi connectivity index (χ2v) is 13.7. The molecule has 0 aliphatic rings. The van der Waals surface area contributed by atoms with Crippen LogP contribution in [0, 0.1) is 12.7 Å². The number of halogens is 1. The van der Waals surface area contributed by atoms with Crippen LogP contribution in [0.4, 0.5) is 4.39 Å². The van der Waals surface area contributed by atoms with Crippen molar-refractivity contribution in [1.29, 1.82) is 0 Å². The van der Waals surface area contributed by atoms with Crippen LogP contribution in [0.1, 0.15) is 41.0 Å². The number of rotatable bonds is 9. The molecule has 10 heteroatoms. The van der Waals surface area contributed by atoms with Crippen LogP contribution >= 0.6 is 42.4 Å². The van der Waals surface area contributed by atoms with E-state index in [2.05, 4.69) is 57.3 Å². The first-order chi connectivity index (χ1) is 20.0. The fourth-order valence-electron chi connectivity index (χ4n) is 4.12. The highest BCUT2D eigenvalue weighted by atomic mass is 32.1. The van der Waals surface area contributed by atoms with Crippen molar-refractivity contribution in [3.8, 4) is 28.7 Å². The molecule has 4 unspecified atom stereocenters. The van der Waals surface area contributed by atoms with Gasteiger partial charge in [-0.25, -0.2) is 4.39 Å². The van der Waals surface area contributed by atoms with E-state index in [1.807, 2.05) is 13.0 Å². The van der Waals surface area contributed by atoms with Crippen molar-refractivity contribution in [1.82, 2.24) is 0 Å². The van der Waals surface area contributed by atoms with Crippen molar-refractivity contribution in [2.45, 2.75) is 31.3 Å². The summed E-state index contributed by atoms with van der Waals surface area (Å²) in [5, 5.41) is 24.1. The van der Waals surface area contributed by atoms with Gasteiger partial charge in [0, 0.05) is 27.2 Å². The van der Waals surface area contributed by atoms with Crippen molar-refractivity contribution >= 4 is 63.6 Å². The Morgan fingerprint density at radius 3 is 1.83 bits per heavy atom. The minimum absolute atomic E-state index is 0.0729. The molecular weight excluding hydrogens is 609 g/mol. The Labute approximate surface area is 262 Å². The Bertz CT molecular complexity index is 1510. The first-order valence-corrected chi connectivity index (χ1v) is 16.1. The van der Waals surface area contributed by atoms with Crippen molar-refractivity contribution in [2.75, 3.05) is 21.3 Å². The van der Waals surface area contributed by atoms with Gasteiger partial charge in [0.15, 0.2) is 11.5 Å². The molecule has 5 nitrogen and oxygen atoms in total. The van der Waals surface area contributed by atoms with E-state index in [0.29, 0.717) is 31.1 Å². The zero-order valence-electron chi connectivity index (χ0n) is 24.4. The van der Waals surface area contributed by atoms with Crippen LogP contribution in [0.15, 0.2) is 66.7 Å². The zero-order valence-corrected chi connectivity index (χ0v) is 28.2. The van der Waals surface area contributed by atoms with Gasteiger partial charge in [0.1, 0.15) is 23.1 Å². The fraction of sp³-hybridized carbons (Fsp3) is 0.250. The van der Waals surface area contributed by atoms with Gasteiger partial charge >= 0.3 is 0 Å². The summed E-state index contributed by atoms with van der Waals surface area (Å²) < 4.78 is 29.1. The van der Waals surface area contributed by atoms with Crippen LogP contribution in [0.25, 0.3) is 0 Å². The summed E-state index contributed by atoms with van der Waals surface area (Å²) in [7, 11) is 5.19. The lowest BCUT2D eigenvalue weighted by Crippen LogP contribution is -2.11. The maximum Gasteiger partial charge on any atom is 0.165 e. The van der Waals surface area contributed by atoms with Crippen molar-refractivity contribution in [2.24, 2.45) is 0 Å². The molecule has 0 bridgehead atoms. The van der Waals surface area contributed by atoms with E-state index in [9.17, 15) is 14.6 Å². The van der Waals surface area contributed by atoms with Gasteiger partial charge in [-0.2, -0.15) is 25.3 Å². The number of hydrogen-bond donors (Lipinski definition) is 4. The van der Waals surface area contributed by atoms with E-state index in [1.54, 1.807) is 44.6 Å². The van der Waals surface area contributed by atoms with Gasteiger partial charge in [-0.3, -0.25) is 0 Å². The number of phenolic OH excluding ortho intramolecular Hbond substituents is 2. The number of hydrogen-bond acceptors (Lipinski definition) is 7. The summed E-state index contributed by atoms with van der Waals surface area (Å²) in [6, 6.07) is 19.7. The first kappa shape index (κ1) is 33.9. The highest BCUT2D eigenvalue weighted by Gasteiger charge is 2.16. The van der Waals surface area contributed by atoms with Gasteiger partial charge in [0.2, 0.25) is 0 Å². The van der Waals surface area contributed by atoms with Crippen LogP contribution in [0.2, 0.25) is 0 Å². The SMILES string of the molecule is COc1cc(OC)c(O)c(Pc2ccc(F)cc2C(C)S)c1.COc1ccc(O)c(Pc2ccc(C)cc2C(C)S)c1. The van der Waals surface area contributed by atoms with Crippen LogP contribution in [-0.2, 0) is 0 Å². The molecular formula is C32H37FO5P2S2. The van der Waals surface area contributed by atoms with E-state index >= 15 is 0 Å². The van der Waals surface area contributed by atoms with Crippen LogP contribution < -0.4 is 35.4 Å². The first-order valence-electron chi connectivity index (χ1n) is 13.1. The molecule has 224 valence electrons. The lowest BCUT2D eigenvalue weighted by molar-refractivity contribution is 0.366. The average Bonchev–Trinajstić information content (AvgIpc) is 2.97. The zero-order chi connectivity index (χ0) is 31.0. The number of benzene rings is 4. The Morgan fingerprint density at radius 1 is 0.667 bits per heavy atom. The summed E-state index contributed by atoms with van der Waals surface area (Å²) in [6.07, 6.45) is 0. The highest BCUT2D eigenvalue weighted by molar-refractivity contribution is 7.80. The number of methoxy groups -OCH3 is 3. The molecule has 0 aromatic heterocycles. The van der Waals surface area contributed by atoms with E-state index in [4.69, 9.17) is 14.2 Å². The molecule has 0 saturated carbocycles. The monoisotopic (exact) mass is 646 g/mol. The van der Waals surface area contributed by atoms with Gasteiger partial charge in [0.25, 0.3) is 0 Å². The molecule has 4 rings (SSSR count). The second-order valence-electron chi connectivity index (χ2n) is 9.53. The lowest BCUT2D eigenvalue weighted by Gasteiger charge is -2.15. The summed E-state index contributed by atoms with van der Waals surface area (Å²) in [5.74, 6) is 1.80. The van der Waals surface area contributed by atoms with E-state index < -0.39 is 0 Å². The highest BCUT2D eigenvalue weighted by Crippen LogP contribution is 2.34. The Kier molecular flexibility index (Phi) is 12.7. The molecule has 4 aromatic carbocycles. The third-order valence-electron chi connectivity index (χ3n) is 6.37. The van der Waals surface area contributed by atoms with Crippen molar-refractivity contribution < 1.29 is 28.8 Å². The third-order valence-corrected chi connectivity index (χ3v) is 9.69. The lowest BCUT2D eigenvalue weighted by atomic mass is 10.1. The summed E-state index contributed by atoms with van der Waals surface area (Å²) in [6.45, 7) is 6.03. The van der Waals surface area contributed by atoms with Crippen LogP contribution in [0.3, 0.4) is 0 Å². The number of aromatic hydroxyl groups is 2. The minimum atomic E-state index is -0.295. The molecule has 0 aliphatic heterocycles. The molecule has 42 heavy (non-hydrogen) atoms. The van der Waals surface area contributed by atoms with Crippen LogP contribution in [0.5, 0.6) is 28.7 Å². The van der Waals surface area contributed by atoms with Crippen molar-refractivity contribution in [3.63, 3.8) is 0 Å². The summed E-state index contributed by atoms with van der Waals surface area (Å²) in [4.78, 5) is 0. The standard InChI is InChI=1S/C16H18FO3PS.C16H19O2PS/c1-9(22)12-6-10(17)4-5-14(12)21-15-8-11(19-2)7-13(20-3)16(15)18;1-10-4-7-15(13(8-10)11(2)20)19-16-9-12(18-3)5-6-14(16)17/h4-9,18,21-22H,1-3H3;4-9,11,17,19-20H,1-3H3. The Morgan fingerprint density at radius 2 is 1.24 bits per heavy atom. The molecule has 0 fully saturated rings. The fourth-order valence-corrected chi connectivity index (χ4v) is 7.45. The Hall–Kier alpha value is -2.63. The number of thiol groups is 2. The predicted molar refractivity (Wildman–Crippen MR) is 183 cm³/mol. The topological polar surface area (TPSA) is 68.2 Å². The van der Waals surface area contributed by atoms with Gasteiger partial charge in [-0.15, -0.1) is 0 Å². The van der Waals surface area contributed by atoms with Gasteiger partial charge in [0.05, 0.1) is 21.3 Å². The third kappa shape index (κ3) is 8.94. The number of ether oxygens (including phenoxy) is 3. The normalized spacial score (nSPS) is 12.7. The molecule has 0 amide bonds. The largest absolute Gasteiger partial charge is 0.507 e. The van der Waals surface area contributed by atoms with Gasteiger partial charge < -0.3 is 24.4 Å². The quantitative estimate of drug-likeness (QED) is 0.124. The summed E-state index contributed by atoms with van der Waals surface area (Å²) >= 11 is 8.95. The summed E-state index contributed by atoms with van der Waals surface area (Å²) in [5.41, 5.74) is 3.25. The van der Waals surface area contributed by atoms with E-state index in [-0.39, 0.29) is 30.6 Å². The van der Waals surface area contributed by atoms with Gasteiger partial charge in [-0.05, 0) is 78.9 Å². The number of aryl methyl sites for hydroxylation is 1. The maximum absolute atomic E-state index is 13.4. The maximum atomic E-state index is 13.4. The molecule has 4 atom stereocenters. The van der Waals surface area contributed by atoms with Crippen molar-refractivity contribution in [3.05, 3.63) is 89.2 Å². The smallest absolute Gasteiger partial charge is 0.165 e. The molecule has 2 N–H and O–H groups in total.